The lowest BCUT2D eigenvalue weighted by Gasteiger charge is -2.15. The molecule has 3 aromatic heterocycles. The number of rotatable bonds is 7. The van der Waals surface area contributed by atoms with Gasteiger partial charge in [0.2, 0.25) is 5.88 Å². The number of aromatic nitrogens is 3. The first-order chi connectivity index (χ1) is 15.8. The Morgan fingerprint density at radius 2 is 1.85 bits per heavy atom. The van der Waals surface area contributed by atoms with E-state index in [4.69, 9.17) is 16.3 Å². The molecule has 0 saturated heterocycles. The number of aryl methyl sites for hydroxylation is 1. The monoisotopic (exact) mass is 486 g/mol. The van der Waals surface area contributed by atoms with E-state index < -0.39 is 5.82 Å². The molecule has 0 spiro atoms. The highest BCUT2D eigenvalue weighted by atomic mass is 35.5. The van der Waals surface area contributed by atoms with Gasteiger partial charge < -0.3 is 10.1 Å². The lowest BCUT2D eigenvalue weighted by Crippen LogP contribution is -2.06. The summed E-state index contributed by atoms with van der Waals surface area (Å²) in [5.74, 6) is -0.385. The van der Waals surface area contributed by atoms with Crippen molar-refractivity contribution < 1.29 is 13.5 Å². The molecule has 0 fully saturated rings. The maximum atomic E-state index is 15.0. The van der Waals surface area contributed by atoms with Crippen LogP contribution in [0, 0.1) is 18.6 Å². The summed E-state index contributed by atoms with van der Waals surface area (Å²) in [6, 6.07) is 11.2. The molecule has 0 aliphatic carbocycles. The highest BCUT2D eigenvalue weighted by Gasteiger charge is 2.17. The number of pyridine rings is 3. The number of hydrogen-bond acceptors (Lipinski definition) is 5. The van der Waals surface area contributed by atoms with Crippen LogP contribution in [0.3, 0.4) is 0 Å². The predicted octanol–water partition coefficient (Wildman–Crippen LogP) is 6.62. The van der Waals surface area contributed by atoms with E-state index in [-0.39, 0.29) is 26.0 Å². The minimum Gasteiger partial charge on any atom is -0.473 e. The van der Waals surface area contributed by atoms with E-state index in [9.17, 15) is 8.78 Å². The average molecular weight is 487 g/mol. The highest BCUT2D eigenvalue weighted by molar-refractivity contribution is 7.55. The summed E-state index contributed by atoms with van der Waals surface area (Å²) in [5.41, 5.74) is 2.81. The van der Waals surface area contributed by atoms with Gasteiger partial charge in [0.15, 0.2) is 5.82 Å². The third-order valence-electron chi connectivity index (χ3n) is 4.91. The van der Waals surface area contributed by atoms with E-state index in [1.54, 1.807) is 37.3 Å². The van der Waals surface area contributed by atoms with Gasteiger partial charge in [0.25, 0.3) is 0 Å². The lowest BCUT2D eigenvalue weighted by atomic mass is 10.1. The van der Waals surface area contributed by atoms with Gasteiger partial charge in [0.1, 0.15) is 23.4 Å². The number of nitrogens with zero attached hydrogens (tertiary/aromatic N) is 3. The molecule has 9 heteroatoms. The van der Waals surface area contributed by atoms with Crippen LogP contribution in [0.2, 0.25) is 5.02 Å². The molecule has 170 valence electrons. The Hall–Kier alpha value is -2.89. The van der Waals surface area contributed by atoms with Crippen molar-refractivity contribution in [2.75, 3.05) is 25.0 Å². The summed E-state index contributed by atoms with van der Waals surface area (Å²) in [6.07, 6.45) is 2.13. The maximum Gasteiger partial charge on any atom is 0.213 e. The molecule has 5 nitrogen and oxygen atoms in total. The quantitative estimate of drug-likeness (QED) is 0.297. The molecule has 3 heterocycles. The van der Waals surface area contributed by atoms with Crippen molar-refractivity contribution in [2.24, 2.45) is 0 Å². The van der Waals surface area contributed by atoms with Crippen LogP contribution < -0.4 is 10.1 Å². The summed E-state index contributed by atoms with van der Waals surface area (Å²) in [4.78, 5) is 13.2. The van der Waals surface area contributed by atoms with E-state index in [0.29, 0.717) is 50.8 Å². The number of nitrogens with one attached hydrogen (secondary N) is 1. The largest absolute Gasteiger partial charge is 0.473 e. The van der Waals surface area contributed by atoms with Crippen LogP contribution in [-0.2, 0) is 6.54 Å². The molecular formula is C24H22ClF2N4OP. The fourth-order valence-corrected chi connectivity index (χ4v) is 3.84. The van der Waals surface area contributed by atoms with Crippen molar-refractivity contribution in [1.29, 1.82) is 0 Å². The zero-order chi connectivity index (χ0) is 23.5. The summed E-state index contributed by atoms with van der Waals surface area (Å²) in [5, 5.41) is 3.51. The number of benzene rings is 1. The molecule has 0 aliphatic heterocycles. The van der Waals surface area contributed by atoms with Gasteiger partial charge in [-0.3, -0.25) is 0 Å². The Morgan fingerprint density at radius 1 is 1.06 bits per heavy atom. The molecule has 1 aromatic carbocycles. The van der Waals surface area contributed by atoms with Gasteiger partial charge in [0, 0.05) is 36.0 Å². The average Bonchev–Trinajstić information content (AvgIpc) is 2.79. The molecule has 0 radical (unpaired) electrons. The lowest BCUT2D eigenvalue weighted by molar-refractivity contribution is 0.373. The molecule has 4 rings (SSSR count). The summed E-state index contributed by atoms with van der Waals surface area (Å²) in [7, 11) is -0.218. The van der Waals surface area contributed by atoms with E-state index >= 15 is 0 Å². The second-order valence-corrected chi connectivity index (χ2v) is 10.6. The Kier molecular flexibility index (Phi) is 7.01. The minimum atomic E-state index is -0.530. The minimum absolute atomic E-state index is 0.116. The SMILES string of the molecule is Cc1nc2cc(F)c(-c3ccc(OCP(C)C)nc3)nc2c(NCc2ccccc2F)c1Cl. The zero-order valence-corrected chi connectivity index (χ0v) is 20.0. The standard InChI is InChI=1S/C24H22ClF2N4OP/c1-14-21(25)24(29-11-15-6-4-5-7-17(15)26)23-19(30-14)10-18(27)22(31-23)16-8-9-20(28-12-16)32-13-33(2)3/h4-10,12H,11,13H2,1-3H3,(H,29,30). The zero-order valence-electron chi connectivity index (χ0n) is 18.4. The normalized spacial score (nSPS) is 11.2. The molecule has 0 atom stereocenters. The van der Waals surface area contributed by atoms with Crippen molar-refractivity contribution >= 4 is 36.2 Å². The number of halogens is 3. The summed E-state index contributed by atoms with van der Waals surface area (Å²) < 4.78 is 34.7. The van der Waals surface area contributed by atoms with Gasteiger partial charge in [-0.1, -0.05) is 37.7 Å². The van der Waals surface area contributed by atoms with Crippen LogP contribution in [0.15, 0.2) is 48.7 Å². The van der Waals surface area contributed by atoms with Crippen molar-refractivity contribution in [3.8, 4) is 17.1 Å². The van der Waals surface area contributed by atoms with Crippen LogP contribution >= 0.6 is 19.5 Å². The molecule has 0 bridgehead atoms. The number of anilines is 1. The fraction of sp³-hybridized carbons (Fsp3) is 0.208. The molecule has 0 unspecified atom stereocenters. The van der Waals surface area contributed by atoms with E-state index in [1.807, 2.05) is 0 Å². The van der Waals surface area contributed by atoms with Crippen molar-refractivity contribution in [3.63, 3.8) is 0 Å². The van der Waals surface area contributed by atoms with Gasteiger partial charge in [-0.25, -0.2) is 23.7 Å². The van der Waals surface area contributed by atoms with Gasteiger partial charge in [0.05, 0.1) is 21.9 Å². The summed E-state index contributed by atoms with van der Waals surface area (Å²) in [6.45, 7) is 6.13. The van der Waals surface area contributed by atoms with Gasteiger partial charge in [-0.15, -0.1) is 0 Å². The number of ether oxygens (including phenoxy) is 1. The number of hydrogen-bond donors (Lipinski definition) is 1. The van der Waals surface area contributed by atoms with Crippen molar-refractivity contribution in [1.82, 2.24) is 15.0 Å². The van der Waals surface area contributed by atoms with Crippen LogP contribution in [0.1, 0.15) is 11.3 Å². The first-order valence-corrected chi connectivity index (χ1v) is 13.0. The van der Waals surface area contributed by atoms with Crippen LogP contribution in [-0.4, -0.2) is 34.6 Å². The molecule has 33 heavy (non-hydrogen) atoms. The second kappa shape index (κ2) is 9.94. The van der Waals surface area contributed by atoms with E-state index in [1.165, 1.54) is 18.3 Å². The van der Waals surface area contributed by atoms with Crippen LogP contribution in [0.4, 0.5) is 14.5 Å². The van der Waals surface area contributed by atoms with E-state index in [2.05, 4.69) is 33.6 Å². The Morgan fingerprint density at radius 3 is 2.55 bits per heavy atom. The fourth-order valence-electron chi connectivity index (χ4n) is 3.25. The molecular weight excluding hydrogens is 465 g/mol. The topological polar surface area (TPSA) is 59.9 Å². The highest BCUT2D eigenvalue weighted by Crippen LogP contribution is 2.34. The molecule has 0 saturated carbocycles. The first kappa shape index (κ1) is 23.3. The molecule has 0 amide bonds. The van der Waals surface area contributed by atoms with Gasteiger partial charge >= 0.3 is 0 Å². The molecule has 4 aromatic rings. The second-order valence-electron chi connectivity index (χ2n) is 7.76. The third kappa shape index (κ3) is 5.21. The first-order valence-electron chi connectivity index (χ1n) is 10.2. The molecule has 0 aliphatic rings. The predicted molar refractivity (Wildman–Crippen MR) is 130 cm³/mol. The molecule has 1 N–H and O–H groups in total. The smallest absolute Gasteiger partial charge is 0.213 e. The van der Waals surface area contributed by atoms with Gasteiger partial charge in [-0.05, 0) is 32.4 Å². The summed E-state index contributed by atoms with van der Waals surface area (Å²) >= 11 is 6.52. The maximum absolute atomic E-state index is 15.0. The Balaban J connectivity index is 1.72. The third-order valence-corrected chi connectivity index (χ3v) is 6.02. The van der Waals surface area contributed by atoms with Crippen LogP contribution in [0.5, 0.6) is 5.88 Å². The van der Waals surface area contributed by atoms with Crippen molar-refractivity contribution in [3.05, 3.63) is 76.6 Å². The van der Waals surface area contributed by atoms with Crippen LogP contribution in [0.25, 0.3) is 22.3 Å². The van der Waals surface area contributed by atoms with Crippen molar-refractivity contribution in [2.45, 2.75) is 13.5 Å². The van der Waals surface area contributed by atoms with E-state index in [0.717, 1.165) is 0 Å². The number of fused-ring (bicyclic) bond motifs is 1. The van der Waals surface area contributed by atoms with Gasteiger partial charge in [-0.2, -0.15) is 0 Å². The Bertz CT molecular complexity index is 1300. The Labute approximate surface area is 197 Å².